The second-order valence-electron chi connectivity index (χ2n) is 4.78. The third-order valence-electron chi connectivity index (χ3n) is 3.30. The van der Waals surface area contributed by atoms with E-state index < -0.39 is 5.63 Å². The Morgan fingerprint density at radius 1 is 1.05 bits per heavy atom. The summed E-state index contributed by atoms with van der Waals surface area (Å²) in [7, 11) is 1.55. The monoisotopic (exact) mass is 296 g/mol. The van der Waals surface area contributed by atoms with E-state index in [1.807, 2.05) is 6.07 Å². The Morgan fingerprint density at radius 3 is 2.55 bits per heavy atom. The van der Waals surface area contributed by atoms with Crippen LogP contribution in [0.5, 0.6) is 5.75 Å². The van der Waals surface area contributed by atoms with Gasteiger partial charge in [-0.1, -0.05) is 18.2 Å². The van der Waals surface area contributed by atoms with Gasteiger partial charge in [0.2, 0.25) is 0 Å². The van der Waals surface area contributed by atoms with Gasteiger partial charge in [-0.15, -0.1) is 0 Å². The van der Waals surface area contributed by atoms with Gasteiger partial charge >= 0.3 is 5.63 Å². The van der Waals surface area contributed by atoms with Gasteiger partial charge in [0, 0.05) is 11.5 Å². The summed E-state index contributed by atoms with van der Waals surface area (Å²) < 4.78 is 23.2. The molecule has 0 aliphatic heterocycles. The molecule has 3 aromatic rings. The molecule has 0 spiro atoms. The number of hydrogen-bond acceptors (Lipinski definition) is 3. The number of halogens is 1. The maximum atomic E-state index is 12.9. The van der Waals surface area contributed by atoms with Gasteiger partial charge in [-0.25, -0.2) is 9.18 Å². The second-order valence-corrected chi connectivity index (χ2v) is 4.78. The van der Waals surface area contributed by atoms with Crippen molar-refractivity contribution in [1.29, 1.82) is 0 Å². The summed E-state index contributed by atoms with van der Waals surface area (Å²) in [5.41, 5.74) is 1.28. The fourth-order valence-corrected chi connectivity index (χ4v) is 2.11. The van der Waals surface area contributed by atoms with Crippen molar-refractivity contribution in [2.75, 3.05) is 7.11 Å². The van der Waals surface area contributed by atoms with Gasteiger partial charge in [-0.2, -0.15) is 0 Å². The highest BCUT2D eigenvalue weighted by molar-refractivity contribution is 5.81. The molecule has 0 aliphatic carbocycles. The number of benzene rings is 2. The Hall–Kier alpha value is -2.88. The van der Waals surface area contributed by atoms with Crippen LogP contribution in [0, 0.1) is 5.82 Å². The molecule has 4 heteroatoms. The van der Waals surface area contributed by atoms with E-state index in [2.05, 4.69) is 0 Å². The van der Waals surface area contributed by atoms with E-state index in [-0.39, 0.29) is 5.82 Å². The lowest BCUT2D eigenvalue weighted by molar-refractivity contribution is 0.414. The van der Waals surface area contributed by atoms with Crippen LogP contribution < -0.4 is 10.4 Å². The van der Waals surface area contributed by atoms with Crippen LogP contribution in [-0.4, -0.2) is 7.11 Å². The summed E-state index contributed by atoms with van der Waals surface area (Å²) in [5, 5.41) is 0.805. The van der Waals surface area contributed by atoms with E-state index in [9.17, 15) is 9.18 Å². The first-order valence-corrected chi connectivity index (χ1v) is 6.71. The smallest absolute Gasteiger partial charge is 0.343 e. The molecule has 0 unspecified atom stereocenters. The molecule has 0 saturated heterocycles. The normalized spacial score (nSPS) is 11.2. The lowest BCUT2D eigenvalue weighted by Crippen LogP contribution is -2.02. The predicted molar refractivity (Wildman–Crippen MR) is 84.4 cm³/mol. The highest BCUT2D eigenvalue weighted by Crippen LogP contribution is 2.20. The Morgan fingerprint density at radius 2 is 1.82 bits per heavy atom. The van der Waals surface area contributed by atoms with Crippen LogP contribution in [0.2, 0.25) is 0 Å². The van der Waals surface area contributed by atoms with Crippen molar-refractivity contribution >= 4 is 23.1 Å². The molecule has 0 N–H and O–H groups in total. The Bertz CT molecular complexity index is 892. The molecule has 1 heterocycles. The van der Waals surface area contributed by atoms with E-state index in [1.165, 1.54) is 12.1 Å². The molecule has 0 saturated carbocycles. The van der Waals surface area contributed by atoms with Crippen molar-refractivity contribution < 1.29 is 13.5 Å². The number of hydrogen-bond donors (Lipinski definition) is 0. The maximum absolute atomic E-state index is 12.9. The maximum Gasteiger partial charge on any atom is 0.343 e. The molecular formula is C18H13FO3. The van der Waals surface area contributed by atoms with Gasteiger partial charge in [-0.05, 0) is 42.0 Å². The summed E-state index contributed by atoms with van der Waals surface area (Å²) in [6.45, 7) is 0. The molecule has 2 aromatic carbocycles. The Labute approximate surface area is 126 Å². The first kappa shape index (κ1) is 14.1. The fourth-order valence-electron chi connectivity index (χ4n) is 2.11. The highest BCUT2D eigenvalue weighted by Gasteiger charge is 2.04. The van der Waals surface area contributed by atoms with Gasteiger partial charge in [-0.3, -0.25) is 0 Å². The summed E-state index contributed by atoms with van der Waals surface area (Å²) in [6, 6.07) is 13.1. The largest absolute Gasteiger partial charge is 0.497 e. The van der Waals surface area contributed by atoms with Crippen molar-refractivity contribution in [2.45, 2.75) is 0 Å². The molecule has 0 aliphatic rings. The average molecular weight is 296 g/mol. The minimum Gasteiger partial charge on any atom is -0.497 e. The summed E-state index contributed by atoms with van der Waals surface area (Å²) in [5.74, 6) is 0.335. The lowest BCUT2D eigenvalue weighted by Gasteiger charge is -2.02. The molecule has 22 heavy (non-hydrogen) atoms. The van der Waals surface area contributed by atoms with Gasteiger partial charge in [0.25, 0.3) is 0 Å². The molecule has 0 amide bonds. The van der Waals surface area contributed by atoms with Crippen molar-refractivity contribution in [3.05, 3.63) is 75.9 Å². The lowest BCUT2D eigenvalue weighted by atomic mass is 10.1. The van der Waals surface area contributed by atoms with E-state index in [0.717, 1.165) is 10.9 Å². The van der Waals surface area contributed by atoms with Crippen LogP contribution in [0.1, 0.15) is 11.1 Å². The van der Waals surface area contributed by atoms with Crippen LogP contribution in [0.25, 0.3) is 23.1 Å². The van der Waals surface area contributed by atoms with Crippen LogP contribution in [-0.2, 0) is 0 Å². The molecule has 3 nitrogen and oxygen atoms in total. The van der Waals surface area contributed by atoms with Crippen LogP contribution in [0.15, 0.2) is 57.7 Å². The molecule has 0 atom stereocenters. The van der Waals surface area contributed by atoms with Crippen LogP contribution in [0.4, 0.5) is 4.39 Å². The third-order valence-corrected chi connectivity index (χ3v) is 3.30. The topological polar surface area (TPSA) is 39.4 Å². The zero-order valence-corrected chi connectivity index (χ0v) is 11.9. The van der Waals surface area contributed by atoms with Crippen molar-refractivity contribution in [2.24, 2.45) is 0 Å². The molecule has 3 rings (SSSR count). The molecule has 1 aromatic heterocycles. The third kappa shape index (κ3) is 2.91. The van der Waals surface area contributed by atoms with E-state index in [1.54, 1.807) is 49.6 Å². The minimum atomic E-state index is -0.431. The second kappa shape index (κ2) is 5.85. The van der Waals surface area contributed by atoms with E-state index in [0.29, 0.717) is 16.9 Å². The van der Waals surface area contributed by atoms with Gasteiger partial charge in [0.05, 0.1) is 12.7 Å². The Kier molecular flexibility index (Phi) is 3.74. The zero-order chi connectivity index (χ0) is 15.5. The van der Waals surface area contributed by atoms with Crippen LogP contribution >= 0.6 is 0 Å². The average Bonchev–Trinajstić information content (AvgIpc) is 2.54. The van der Waals surface area contributed by atoms with Crippen LogP contribution in [0.3, 0.4) is 0 Å². The first-order valence-electron chi connectivity index (χ1n) is 6.71. The van der Waals surface area contributed by atoms with Gasteiger partial charge in [0.15, 0.2) is 0 Å². The van der Waals surface area contributed by atoms with Gasteiger partial charge < -0.3 is 9.15 Å². The number of methoxy groups -OCH3 is 1. The molecular weight excluding hydrogens is 283 g/mol. The summed E-state index contributed by atoms with van der Waals surface area (Å²) >= 11 is 0. The first-order chi connectivity index (χ1) is 10.7. The zero-order valence-electron chi connectivity index (χ0n) is 11.9. The number of ether oxygens (including phenoxy) is 1. The summed E-state index contributed by atoms with van der Waals surface area (Å²) in [6.07, 6.45) is 3.39. The van der Waals surface area contributed by atoms with Gasteiger partial charge in [0.1, 0.15) is 17.1 Å². The predicted octanol–water partition coefficient (Wildman–Crippen LogP) is 4.11. The number of rotatable bonds is 3. The highest BCUT2D eigenvalue weighted by atomic mass is 19.1. The molecule has 0 bridgehead atoms. The van der Waals surface area contributed by atoms with E-state index >= 15 is 0 Å². The van der Waals surface area contributed by atoms with E-state index in [4.69, 9.17) is 9.15 Å². The molecule has 110 valence electrons. The quantitative estimate of drug-likeness (QED) is 0.683. The molecule has 0 radical (unpaired) electrons. The van der Waals surface area contributed by atoms with Crippen molar-refractivity contribution in [1.82, 2.24) is 0 Å². The fraction of sp³-hybridized carbons (Fsp3) is 0.0556. The summed E-state index contributed by atoms with van der Waals surface area (Å²) in [4.78, 5) is 12.0. The minimum absolute atomic E-state index is 0.295. The SMILES string of the molecule is COc1ccc2cc(/C=C/c3ccc(F)cc3)c(=O)oc2c1. The van der Waals surface area contributed by atoms with Crippen molar-refractivity contribution in [3.63, 3.8) is 0 Å². The molecule has 0 fully saturated rings. The Balaban J connectivity index is 1.98. The standard InChI is InChI=1S/C18H13FO3/c1-21-16-9-6-13-10-14(18(20)22-17(13)11-16)5-2-12-3-7-15(19)8-4-12/h2-11H,1H3/b5-2+. The van der Waals surface area contributed by atoms with Crippen molar-refractivity contribution in [3.8, 4) is 5.75 Å². The number of fused-ring (bicyclic) bond motifs is 1.